The van der Waals surface area contributed by atoms with E-state index in [1.54, 1.807) is 0 Å². The van der Waals surface area contributed by atoms with Crippen LogP contribution in [0.5, 0.6) is 0 Å². The molecule has 0 saturated heterocycles. The minimum atomic E-state index is -2.17. The Kier molecular flexibility index (Phi) is 29.1. The van der Waals surface area contributed by atoms with Crippen LogP contribution in [0, 0.1) is 0 Å². The molecule has 0 aromatic carbocycles. The van der Waals surface area contributed by atoms with Gasteiger partial charge in [-0.3, -0.25) is 0 Å². The van der Waals surface area contributed by atoms with Crippen LogP contribution in [0.25, 0.3) is 0 Å². The van der Waals surface area contributed by atoms with Crippen molar-refractivity contribution in [3.05, 3.63) is 0 Å². The third-order valence-electron chi connectivity index (χ3n) is 0.1000. The minimum absolute atomic E-state index is 0. The second kappa shape index (κ2) is 15.9. The molecule has 0 amide bonds. The molecule has 5 N–H and O–H groups in total. The van der Waals surface area contributed by atoms with Crippen molar-refractivity contribution < 1.29 is 25.3 Å². The molecule has 0 unspecified atom stereocenters. The molecule has 0 radical (unpaired) electrons. The van der Waals surface area contributed by atoms with Crippen LogP contribution in [0.15, 0.2) is 0 Å². The van der Waals surface area contributed by atoms with Crippen molar-refractivity contribution in [3.63, 3.8) is 0 Å². The average Bonchev–Trinajstić information content (AvgIpc) is 1.65. The van der Waals surface area contributed by atoms with Crippen molar-refractivity contribution >= 4 is 36.9 Å². The van der Waals surface area contributed by atoms with Gasteiger partial charge in [-0.15, -0.1) is 0 Å². The third kappa shape index (κ3) is 120. The van der Waals surface area contributed by atoms with Gasteiger partial charge in [0.2, 0.25) is 0 Å². The van der Waals surface area contributed by atoms with Gasteiger partial charge in [-0.05, 0) is 0 Å². The summed E-state index contributed by atoms with van der Waals surface area (Å²) in [6.07, 6.45) is 0. The molecule has 52 valence electrons. The second-order valence-corrected chi connectivity index (χ2v) is 0.794. The van der Waals surface area contributed by atoms with Gasteiger partial charge in [0.1, 0.15) is 0 Å². The van der Waals surface area contributed by atoms with E-state index in [-0.39, 0.29) is 42.8 Å². The molecular formula is C2H10BNaO5. The van der Waals surface area contributed by atoms with E-state index in [9.17, 15) is 0 Å². The normalized spacial score (nSPS) is 6.33. The fraction of sp³-hybridized carbons (Fsp3) is 1.00. The predicted octanol–water partition coefficient (Wildman–Crippen LogP) is -3.73. The van der Waals surface area contributed by atoms with Gasteiger partial charge in [-0.25, -0.2) is 0 Å². The summed E-state index contributed by atoms with van der Waals surface area (Å²) in [5.41, 5.74) is 0. The summed E-state index contributed by atoms with van der Waals surface area (Å²) in [6.45, 7) is -0.250. The Labute approximate surface area is 75.4 Å². The van der Waals surface area contributed by atoms with Crippen LogP contribution in [0.4, 0.5) is 0 Å². The first-order valence-electron chi connectivity index (χ1n) is 1.91. The maximum absolute atomic E-state index is 7.62. The van der Waals surface area contributed by atoms with Gasteiger partial charge in [0.05, 0.1) is 13.2 Å². The zero-order valence-corrected chi connectivity index (χ0v) is 4.23. The van der Waals surface area contributed by atoms with Crippen molar-refractivity contribution in [2.24, 2.45) is 0 Å². The van der Waals surface area contributed by atoms with E-state index < -0.39 is 7.32 Å². The average molecular weight is 148 g/mol. The molecule has 0 saturated carbocycles. The molecule has 0 bridgehead atoms. The van der Waals surface area contributed by atoms with Crippen LogP contribution >= 0.6 is 0 Å². The maximum atomic E-state index is 7.62. The number of aliphatic hydroxyl groups excluding tert-OH is 2. The van der Waals surface area contributed by atoms with Gasteiger partial charge in [0.25, 0.3) is 0 Å². The van der Waals surface area contributed by atoms with E-state index >= 15 is 0 Å². The number of hydrogen-bond acceptors (Lipinski definition) is 5. The molecule has 5 nitrogen and oxygen atoms in total. The summed E-state index contributed by atoms with van der Waals surface area (Å²) in [6, 6.07) is 0. The molecule has 0 aliphatic rings. The number of rotatable bonds is 1. The Morgan fingerprint density at radius 2 is 1.00 bits per heavy atom. The van der Waals surface area contributed by atoms with Crippen LogP contribution in [0.3, 0.4) is 0 Å². The zero-order valence-electron chi connectivity index (χ0n) is 4.23. The summed E-state index contributed by atoms with van der Waals surface area (Å²) in [4.78, 5) is 0. The predicted molar refractivity (Wildman–Crippen MR) is 33.7 cm³/mol. The third-order valence-corrected chi connectivity index (χ3v) is 0.1000. The molecule has 0 aromatic rings. The SMILES string of the molecule is OB(O)O.OCCO.[NaH]. The molecule has 0 aromatic heterocycles. The van der Waals surface area contributed by atoms with Crippen molar-refractivity contribution in [3.8, 4) is 0 Å². The van der Waals surface area contributed by atoms with Crippen LogP contribution < -0.4 is 0 Å². The Balaban J connectivity index is -0.0000000720. The fourth-order valence-electron chi connectivity index (χ4n) is 0. The number of aliphatic hydroxyl groups is 2. The quantitative estimate of drug-likeness (QED) is 0.246. The summed E-state index contributed by atoms with van der Waals surface area (Å²) in [5, 5.41) is 36.8. The molecule has 0 aliphatic carbocycles. The van der Waals surface area contributed by atoms with Crippen LogP contribution in [0.2, 0.25) is 0 Å². The first-order chi connectivity index (χ1) is 3.65. The zero-order chi connectivity index (χ0) is 6.99. The second-order valence-electron chi connectivity index (χ2n) is 0.794. The van der Waals surface area contributed by atoms with Crippen LogP contribution in [-0.2, 0) is 0 Å². The molecule has 9 heavy (non-hydrogen) atoms. The Morgan fingerprint density at radius 3 is 1.00 bits per heavy atom. The summed E-state index contributed by atoms with van der Waals surface area (Å²) in [7, 11) is -2.17. The summed E-state index contributed by atoms with van der Waals surface area (Å²) < 4.78 is 0. The van der Waals surface area contributed by atoms with Crippen molar-refractivity contribution in [2.75, 3.05) is 13.2 Å². The van der Waals surface area contributed by atoms with E-state index in [1.807, 2.05) is 0 Å². The van der Waals surface area contributed by atoms with Gasteiger partial charge in [0, 0.05) is 0 Å². The molecule has 0 rings (SSSR count). The standard InChI is InChI=1S/C2H6O2.BH3O3.Na.H/c3-1-2-4;2-1(3)4;;/h3-4H,1-2H2;2-4H;;. The van der Waals surface area contributed by atoms with E-state index in [1.165, 1.54) is 0 Å². The first kappa shape index (κ1) is 16.5. The molecule has 0 fully saturated rings. The van der Waals surface area contributed by atoms with E-state index in [4.69, 9.17) is 25.3 Å². The van der Waals surface area contributed by atoms with Gasteiger partial charge < -0.3 is 25.3 Å². The van der Waals surface area contributed by atoms with Crippen molar-refractivity contribution in [1.29, 1.82) is 0 Å². The topological polar surface area (TPSA) is 101 Å². The van der Waals surface area contributed by atoms with Crippen molar-refractivity contribution in [1.82, 2.24) is 0 Å². The summed E-state index contributed by atoms with van der Waals surface area (Å²) in [5.74, 6) is 0. The molecule has 7 heteroatoms. The van der Waals surface area contributed by atoms with Crippen LogP contribution in [-0.4, -0.2) is 75.4 Å². The molecule has 0 heterocycles. The molecule has 0 spiro atoms. The monoisotopic (exact) mass is 148 g/mol. The van der Waals surface area contributed by atoms with Gasteiger partial charge in [0.15, 0.2) is 0 Å². The Hall–Kier alpha value is 0.865. The van der Waals surface area contributed by atoms with E-state index in [0.717, 1.165) is 0 Å². The fourth-order valence-corrected chi connectivity index (χ4v) is 0. The molecule has 0 atom stereocenters. The van der Waals surface area contributed by atoms with Crippen LogP contribution in [0.1, 0.15) is 0 Å². The Morgan fingerprint density at radius 1 is 0.889 bits per heavy atom. The van der Waals surface area contributed by atoms with E-state index in [2.05, 4.69) is 0 Å². The van der Waals surface area contributed by atoms with Crippen molar-refractivity contribution in [2.45, 2.75) is 0 Å². The van der Waals surface area contributed by atoms with E-state index in [0.29, 0.717) is 0 Å². The van der Waals surface area contributed by atoms with Gasteiger partial charge in [-0.1, -0.05) is 0 Å². The molecular weight excluding hydrogens is 138 g/mol. The molecule has 0 aliphatic heterocycles. The van der Waals surface area contributed by atoms with Gasteiger partial charge in [-0.2, -0.15) is 0 Å². The summed E-state index contributed by atoms with van der Waals surface area (Å²) >= 11 is 0. The first-order valence-corrected chi connectivity index (χ1v) is 1.91. The van der Waals surface area contributed by atoms with Gasteiger partial charge >= 0.3 is 36.9 Å². The number of hydrogen-bond donors (Lipinski definition) is 5. The Bertz CT molecular complexity index is 31.4.